The van der Waals surface area contributed by atoms with Crippen LogP contribution in [0, 0.1) is 0 Å². The number of hydrogen-bond donors (Lipinski definition) is 2. The van der Waals surface area contributed by atoms with Gasteiger partial charge in [-0.2, -0.15) is 0 Å². The zero-order valence-electron chi connectivity index (χ0n) is 19.3. The molecule has 10 nitrogen and oxygen atoms in total. The Hall–Kier alpha value is -4.60. The number of benzene rings is 2. The molecule has 10 heteroatoms. The highest BCUT2D eigenvalue weighted by Crippen LogP contribution is 2.32. The first kappa shape index (κ1) is 22.2. The maximum Gasteiger partial charge on any atom is 0.254 e. The predicted molar refractivity (Wildman–Crippen MR) is 130 cm³/mol. The lowest BCUT2D eigenvalue weighted by Crippen LogP contribution is -2.49. The lowest BCUT2D eigenvalue weighted by Gasteiger charge is -2.26. The number of aromatic nitrogens is 3. The minimum Gasteiger partial charge on any atom is -0.493 e. The number of nitrogens with one attached hydrogen (secondary N) is 2. The summed E-state index contributed by atoms with van der Waals surface area (Å²) in [6, 6.07) is 12.7. The highest BCUT2D eigenvalue weighted by Gasteiger charge is 2.22. The number of piperazine rings is 1. The molecule has 0 radical (unpaired) electrons. The molecule has 2 aromatic heterocycles. The number of nitrogens with zero attached hydrogens (tertiary/aromatic N) is 4. The largest absolute Gasteiger partial charge is 0.493 e. The van der Waals surface area contributed by atoms with Crippen molar-refractivity contribution in [2.45, 2.75) is 0 Å². The van der Waals surface area contributed by atoms with E-state index in [4.69, 9.17) is 14.5 Å². The fourth-order valence-corrected chi connectivity index (χ4v) is 4.01. The van der Waals surface area contributed by atoms with E-state index in [0.29, 0.717) is 47.3 Å². The van der Waals surface area contributed by atoms with Gasteiger partial charge in [-0.1, -0.05) is 12.1 Å². The van der Waals surface area contributed by atoms with Crippen LogP contribution in [0.15, 0.2) is 61.1 Å². The molecule has 1 aliphatic heterocycles. The molecule has 3 heterocycles. The number of carbonyl (C=O) groups excluding carboxylic acids is 2. The summed E-state index contributed by atoms with van der Waals surface area (Å²) in [6.07, 6.45) is 5.39. The molecule has 178 valence electrons. The van der Waals surface area contributed by atoms with Crippen molar-refractivity contribution in [3.05, 3.63) is 66.6 Å². The molecule has 1 aliphatic rings. The predicted octanol–water partition coefficient (Wildman–Crippen LogP) is 2.73. The van der Waals surface area contributed by atoms with Gasteiger partial charge in [0.1, 0.15) is 0 Å². The zero-order chi connectivity index (χ0) is 24.4. The summed E-state index contributed by atoms with van der Waals surface area (Å²) in [5.74, 6) is 1.42. The van der Waals surface area contributed by atoms with Gasteiger partial charge in [-0.3, -0.25) is 9.59 Å². The van der Waals surface area contributed by atoms with Crippen LogP contribution in [-0.2, 0) is 4.79 Å². The van der Waals surface area contributed by atoms with Crippen molar-refractivity contribution in [2.75, 3.05) is 39.2 Å². The minimum atomic E-state index is -0.186. The van der Waals surface area contributed by atoms with Gasteiger partial charge >= 0.3 is 0 Å². The molecule has 2 N–H and O–H groups in total. The molecule has 0 bridgehead atoms. The van der Waals surface area contributed by atoms with Crippen LogP contribution in [0.25, 0.3) is 16.9 Å². The number of anilines is 2. The van der Waals surface area contributed by atoms with Crippen LogP contribution >= 0.6 is 0 Å². The van der Waals surface area contributed by atoms with Crippen LogP contribution in [0.2, 0.25) is 0 Å². The summed E-state index contributed by atoms with van der Waals surface area (Å²) >= 11 is 0. The quantitative estimate of drug-likeness (QED) is 0.444. The Bertz CT molecular complexity index is 1420. The third kappa shape index (κ3) is 4.45. The van der Waals surface area contributed by atoms with Crippen molar-refractivity contribution in [3.63, 3.8) is 0 Å². The Balaban J connectivity index is 1.49. The van der Waals surface area contributed by atoms with Gasteiger partial charge in [0.05, 0.1) is 26.5 Å². The molecule has 2 amide bonds. The monoisotopic (exact) mass is 472 g/mol. The minimum absolute atomic E-state index is 0.0572. The van der Waals surface area contributed by atoms with E-state index in [1.807, 2.05) is 47.1 Å². The van der Waals surface area contributed by atoms with E-state index in [1.54, 1.807) is 37.4 Å². The van der Waals surface area contributed by atoms with E-state index < -0.39 is 0 Å². The van der Waals surface area contributed by atoms with Gasteiger partial charge in [0.2, 0.25) is 5.91 Å². The summed E-state index contributed by atoms with van der Waals surface area (Å²) in [7, 11) is 3.17. The molecule has 0 atom stereocenters. The van der Waals surface area contributed by atoms with Crippen LogP contribution in [0.4, 0.5) is 11.5 Å². The molecule has 5 rings (SSSR count). The number of carbonyl (C=O) groups is 2. The SMILES string of the molecule is COc1ccc(Nc2nc(-c3cccc(C(=O)N4CCNC(=O)C4)c3)cn3ccnc23)cc1OC. The van der Waals surface area contributed by atoms with Crippen LogP contribution in [0.5, 0.6) is 11.5 Å². The summed E-state index contributed by atoms with van der Waals surface area (Å²) < 4.78 is 12.6. The van der Waals surface area contributed by atoms with E-state index in [9.17, 15) is 9.59 Å². The molecule has 35 heavy (non-hydrogen) atoms. The first-order valence-electron chi connectivity index (χ1n) is 11.0. The molecular weight excluding hydrogens is 448 g/mol. The van der Waals surface area contributed by atoms with Crippen LogP contribution < -0.4 is 20.1 Å². The first-order chi connectivity index (χ1) is 17.1. The van der Waals surface area contributed by atoms with E-state index in [2.05, 4.69) is 15.6 Å². The molecule has 1 fully saturated rings. The van der Waals surface area contributed by atoms with E-state index in [-0.39, 0.29) is 18.4 Å². The van der Waals surface area contributed by atoms with Crippen molar-refractivity contribution in [3.8, 4) is 22.8 Å². The number of hydrogen-bond acceptors (Lipinski definition) is 7. The van der Waals surface area contributed by atoms with E-state index >= 15 is 0 Å². The second kappa shape index (κ2) is 9.34. The highest BCUT2D eigenvalue weighted by molar-refractivity contribution is 5.98. The smallest absolute Gasteiger partial charge is 0.254 e. The fraction of sp³-hybridized carbons (Fsp3) is 0.200. The summed E-state index contributed by atoms with van der Waals surface area (Å²) in [5.41, 5.74) is 3.33. The molecule has 0 aliphatic carbocycles. The molecule has 0 spiro atoms. The van der Waals surface area contributed by atoms with E-state index in [0.717, 1.165) is 11.3 Å². The van der Waals surface area contributed by atoms with E-state index in [1.165, 1.54) is 0 Å². The topological polar surface area (TPSA) is 110 Å². The van der Waals surface area contributed by atoms with Crippen molar-refractivity contribution < 1.29 is 19.1 Å². The number of fused-ring (bicyclic) bond motifs is 1. The Kier molecular flexibility index (Phi) is 5.92. The van der Waals surface area contributed by atoms with Gasteiger partial charge in [0.25, 0.3) is 5.91 Å². The summed E-state index contributed by atoms with van der Waals surface area (Å²) in [6.45, 7) is 0.990. The van der Waals surface area contributed by atoms with Crippen LogP contribution in [-0.4, -0.2) is 64.9 Å². The van der Waals surface area contributed by atoms with Gasteiger partial charge in [-0.15, -0.1) is 0 Å². The second-order valence-corrected chi connectivity index (χ2v) is 7.99. The number of imidazole rings is 1. The zero-order valence-corrected chi connectivity index (χ0v) is 19.3. The van der Waals surface area contributed by atoms with Gasteiger partial charge in [0, 0.05) is 54.6 Å². The molecule has 0 unspecified atom stereocenters. The second-order valence-electron chi connectivity index (χ2n) is 7.99. The maximum absolute atomic E-state index is 13.0. The van der Waals surface area contributed by atoms with Gasteiger partial charge in [-0.25, -0.2) is 9.97 Å². The molecule has 1 saturated heterocycles. The van der Waals surface area contributed by atoms with Crippen molar-refractivity contribution in [2.24, 2.45) is 0 Å². The van der Waals surface area contributed by atoms with Crippen molar-refractivity contribution in [1.82, 2.24) is 24.6 Å². The maximum atomic E-state index is 13.0. The Morgan fingerprint density at radius 1 is 1.11 bits per heavy atom. The Morgan fingerprint density at radius 3 is 2.77 bits per heavy atom. The average Bonchev–Trinajstić information content (AvgIpc) is 3.37. The number of rotatable bonds is 6. The third-order valence-corrected chi connectivity index (χ3v) is 5.75. The molecule has 4 aromatic rings. The summed E-state index contributed by atoms with van der Waals surface area (Å²) in [5, 5.41) is 6.05. The van der Waals surface area contributed by atoms with Gasteiger partial charge < -0.3 is 29.4 Å². The third-order valence-electron chi connectivity index (χ3n) is 5.75. The molecule has 2 aromatic carbocycles. The molecule has 0 saturated carbocycles. The lowest BCUT2D eigenvalue weighted by molar-refractivity contribution is -0.123. The normalized spacial score (nSPS) is 13.4. The van der Waals surface area contributed by atoms with Gasteiger partial charge in [0.15, 0.2) is 23.0 Å². The van der Waals surface area contributed by atoms with Gasteiger partial charge in [-0.05, 0) is 24.3 Å². The standard InChI is InChI=1S/C25H24N6O4/c1-34-20-7-6-18(13-21(20)35-2)28-23-24-27-9-10-30(24)14-19(29-23)16-4-3-5-17(12-16)25(33)31-11-8-26-22(32)15-31/h3-7,9-10,12-14H,8,11,15H2,1-2H3,(H,26,32)(H,28,29). The first-order valence-corrected chi connectivity index (χ1v) is 11.0. The average molecular weight is 473 g/mol. The number of methoxy groups -OCH3 is 2. The number of amides is 2. The van der Waals surface area contributed by atoms with Crippen LogP contribution in [0.3, 0.4) is 0 Å². The Labute approximate surface area is 201 Å². The summed E-state index contributed by atoms with van der Waals surface area (Å²) in [4.78, 5) is 35.5. The number of ether oxygens (including phenoxy) is 2. The Morgan fingerprint density at radius 2 is 1.97 bits per heavy atom. The fourth-order valence-electron chi connectivity index (χ4n) is 4.01. The molecular formula is C25H24N6O4. The van der Waals surface area contributed by atoms with Crippen molar-refractivity contribution >= 4 is 29.0 Å². The van der Waals surface area contributed by atoms with Crippen LogP contribution in [0.1, 0.15) is 10.4 Å². The lowest BCUT2D eigenvalue weighted by atomic mass is 10.1. The van der Waals surface area contributed by atoms with Crippen molar-refractivity contribution in [1.29, 1.82) is 0 Å². The highest BCUT2D eigenvalue weighted by atomic mass is 16.5.